The van der Waals surface area contributed by atoms with Crippen LogP contribution in [0.5, 0.6) is 0 Å². The zero-order valence-electron chi connectivity index (χ0n) is 12.2. The van der Waals surface area contributed by atoms with E-state index in [1.807, 2.05) is 6.92 Å². The van der Waals surface area contributed by atoms with Crippen LogP contribution < -0.4 is 5.32 Å². The van der Waals surface area contributed by atoms with Gasteiger partial charge in [0.15, 0.2) is 9.84 Å². The Kier molecular flexibility index (Phi) is 4.50. The standard InChI is InChI=1S/C12H20N4O4S/c1-3-5-10-11(16(17)18)12(15(2)14-10)13-8-9-6-4-7-21(9,19)20/h9,13H,3-8H2,1-2H3. The molecule has 9 heteroatoms. The van der Waals surface area contributed by atoms with E-state index in [-0.39, 0.29) is 23.8 Å². The second-order valence-corrected chi connectivity index (χ2v) is 7.69. The molecule has 1 unspecified atom stereocenters. The minimum Gasteiger partial charge on any atom is -0.363 e. The lowest BCUT2D eigenvalue weighted by molar-refractivity contribution is -0.384. The van der Waals surface area contributed by atoms with Crippen molar-refractivity contribution in [3.8, 4) is 0 Å². The first-order valence-corrected chi connectivity index (χ1v) is 8.74. The maximum atomic E-state index is 11.8. The van der Waals surface area contributed by atoms with E-state index in [0.717, 1.165) is 6.42 Å². The van der Waals surface area contributed by atoms with E-state index >= 15 is 0 Å². The SMILES string of the molecule is CCCc1nn(C)c(NCC2CCCS2(=O)=O)c1[N+](=O)[O-]. The highest BCUT2D eigenvalue weighted by molar-refractivity contribution is 7.92. The summed E-state index contributed by atoms with van der Waals surface area (Å²) in [6.45, 7) is 2.12. The van der Waals surface area contributed by atoms with E-state index in [2.05, 4.69) is 10.4 Å². The molecular formula is C12H20N4O4S. The average Bonchev–Trinajstić information content (AvgIpc) is 2.87. The van der Waals surface area contributed by atoms with Crippen molar-refractivity contribution in [2.45, 2.75) is 37.9 Å². The molecule has 1 fully saturated rings. The van der Waals surface area contributed by atoms with E-state index < -0.39 is 20.0 Å². The summed E-state index contributed by atoms with van der Waals surface area (Å²) in [7, 11) is -1.45. The van der Waals surface area contributed by atoms with E-state index in [1.54, 1.807) is 7.05 Å². The minimum atomic E-state index is -3.07. The van der Waals surface area contributed by atoms with Gasteiger partial charge in [-0.25, -0.2) is 13.1 Å². The van der Waals surface area contributed by atoms with Crippen LogP contribution >= 0.6 is 0 Å². The lowest BCUT2D eigenvalue weighted by Crippen LogP contribution is -2.26. The average molecular weight is 316 g/mol. The Labute approximate surface area is 123 Å². The van der Waals surface area contributed by atoms with Crippen molar-refractivity contribution in [2.75, 3.05) is 17.6 Å². The summed E-state index contributed by atoms with van der Waals surface area (Å²) in [4.78, 5) is 10.8. The molecule has 0 spiro atoms. The van der Waals surface area contributed by atoms with Gasteiger partial charge < -0.3 is 5.32 Å². The van der Waals surface area contributed by atoms with Crippen LogP contribution in [-0.2, 0) is 23.3 Å². The fourth-order valence-electron chi connectivity index (χ4n) is 2.66. The number of anilines is 1. The van der Waals surface area contributed by atoms with Gasteiger partial charge in [0, 0.05) is 13.6 Å². The fraction of sp³-hybridized carbons (Fsp3) is 0.750. The van der Waals surface area contributed by atoms with Gasteiger partial charge in [-0.15, -0.1) is 0 Å². The first-order chi connectivity index (χ1) is 9.86. The number of aryl methyl sites for hydroxylation is 2. The maximum Gasteiger partial charge on any atom is 0.333 e. The van der Waals surface area contributed by atoms with Crippen LogP contribution in [0, 0.1) is 10.1 Å². The van der Waals surface area contributed by atoms with Crippen LogP contribution in [-0.4, -0.2) is 40.7 Å². The third kappa shape index (κ3) is 3.17. The van der Waals surface area contributed by atoms with Crippen LogP contribution in [0.25, 0.3) is 0 Å². The highest BCUT2D eigenvalue weighted by Gasteiger charge is 2.33. The number of nitro groups is 1. The van der Waals surface area contributed by atoms with Crippen LogP contribution in [0.3, 0.4) is 0 Å². The fourth-order valence-corrected chi connectivity index (χ4v) is 4.43. The second-order valence-electron chi connectivity index (χ2n) is 5.29. The monoisotopic (exact) mass is 316 g/mol. The Hall–Kier alpha value is -1.64. The van der Waals surface area contributed by atoms with Gasteiger partial charge >= 0.3 is 5.69 Å². The first-order valence-electron chi connectivity index (χ1n) is 7.02. The van der Waals surface area contributed by atoms with E-state index in [4.69, 9.17) is 0 Å². The molecule has 1 aliphatic heterocycles. The van der Waals surface area contributed by atoms with E-state index in [0.29, 0.717) is 25.0 Å². The van der Waals surface area contributed by atoms with Gasteiger partial charge in [-0.3, -0.25) is 10.1 Å². The summed E-state index contributed by atoms with van der Waals surface area (Å²) >= 11 is 0. The number of sulfone groups is 1. The van der Waals surface area contributed by atoms with Gasteiger partial charge in [-0.2, -0.15) is 5.10 Å². The number of rotatable bonds is 6. The molecule has 1 aliphatic rings. The number of nitrogens with zero attached hydrogens (tertiary/aromatic N) is 3. The maximum absolute atomic E-state index is 11.8. The van der Waals surface area contributed by atoms with Gasteiger partial charge in [0.2, 0.25) is 5.82 Å². The zero-order chi connectivity index (χ0) is 15.6. The summed E-state index contributed by atoms with van der Waals surface area (Å²) in [5.74, 6) is 0.485. The molecule has 1 saturated heterocycles. The van der Waals surface area contributed by atoms with Crippen molar-refractivity contribution in [2.24, 2.45) is 7.05 Å². The van der Waals surface area contributed by atoms with Gasteiger partial charge in [0.25, 0.3) is 0 Å². The Morgan fingerprint density at radius 2 is 2.24 bits per heavy atom. The van der Waals surface area contributed by atoms with Crippen LogP contribution in [0.1, 0.15) is 31.9 Å². The largest absolute Gasteiger partial charge is 0.363 e. The normalized spacial score (nSPS) is 20.6. The van der Waals surface area contributed by atoms with Gasteiger partial charge in [0.05, 0.1) is 15.9 Å². The minimum absolute atomic E-state index is 0.0465. The van der Waals surface area contributed by atoms with Crippen molar-refractivity contribution in [3.63, 3.8) is 0 Å². The molecule has 0 amide bonds. The number of hydrogen-bond donors (Lipinski definition) is 1. The molecule has 1 aromatic heterocycles. The number of nitrogens with one attached hydrogen (secondary N) is 1. The number of hydrogen-bond acceptors (Lipinski definition) is 6. The predicted octanol–water partition coefficient (Wildman–Crippen LogP) is 1.27. The molecule has 2 rings (SSSR count). The van der Waals surface area contributed by atoms with Crippen molar-refractivity contribution < 1.29 is 13.3 Å². The highest BCUT2D eigenvalue weighted by atomic mass is 32.2. The Bertz CT molecular complexity index is 638. The molecule has 1 aromatic rings. The molecule has 21 heavy (non-hydrogen) atoms. The predicted molar refractivity (Wildman–Crippen MR) is 79.2 cm³/mol. The van der Waals surface area contributed by atoms with Crippen molar-refractivity contribution in [3.05, 3.63) is 15.8 Å². The van der Waals surface area contributed by atoms with Crippen molar-refractivity contribution in [1.29, 1.82) is 0 Å². The molecule has 2 heterocycles. The molecule has 0 saturated carbocycles. The zero-order valence-corrected chi connectivity index (χ0v) is 13.0. The Balaban J connectivity index is 2.21. The lowest BCUT2D eigenvalue weighted by atomic mass is 10.2. The van der Waals surface area contributed by atoms with Gasteiger partial charge in [-0.05, 0) is 19.3 Å². The molecule has 0 aromatic carbocycles. The van der Waals surface area contributed by atoms with Crippen molar-refractivity contribution >= 4 is 21.3 Å². The molecule has 1 N–H and O–H groups in total. The molecule has 0 aliphatic carbocycles. The lowest BCUT2D eigenvalue weighted by Gasteiger charge is -2.11. The van der Waals surface area contributed by atoms with Gasteiger partial charge in [0.1, 0.15) is 5.69 Å². The Morgan fingerprint density at radius 1 is 1.52 bits per heavy atom. The van der Waals surface area contributed by atoms with Gasteiger partial charge in [-0.1, -0.05) is 13.3 Å². The summed E-state index contributed by atoms with van der Waals surface area (Å²) in [5.41, 5.74) is 0.386. The summed E-state index contributed by atoms with van der Waals surface area (Å²) in [6.07, 6.45) is 2.54. The number of aromatic nitrogens is 2. The quantitative estimate of drug-likeness (QED) is 0.625. The van der Waals surface area contributed by atoms with E-state index in [9.17, 15) is 18.5 Å². The second kappa shape index (κ2) is 6.00. The smallest absolute Gasteiger partial charge is 0.333 e. The molecule has 0 radical (unpaired) electrons. The third-order valence-corrected chi connectivity index (χ3v) is 6.00. The highest BCUT2D eigenvalue weighted by Crippen LogP contribution is 2.30. The summed E-state index contributed by atoms with van der Waals surface area (Å²) < 4.78 is 25.0. The van der Waals surface area contributed by atoms with Crippen LogP contribution in [0.15, 0.2) is 0 Å². The van der Waals surface area contributed by atoms with Crippen LogP contribution in [0.2, 0.25) is 0 Å². The van der Waals surface area contributed by atoms with Crippen molar-refractivity contribution in [1.82, 2.24) is 9.78 Å². The third-order valence-electron chi connectivity index (χ3n) is 3.72. The molecule has 118 valence electrons. The summed E-state index contributed by atoms with van der Waals surface area (Å²) in [6, 6.07) is 0. The topological polar surface area (TPSA) is 107 Å². The Morgan fingerprint density at radius 3 is 2.76 bits per heavy atom. The van der Waals surface area contributed by atoms with Crippen LogP contribution in [0.4, 0.5) is 11.5 Å². The molecule has 1 atom stereocenters. The molecule has 0 bridgehead atoms. The summed E-state index contributed by atoms with van der Waals surface area (Å²) in [5, 5.41) is 17.9. The first kappa shape index (κ1) is 15.7. The van der Waals surface area contributed by atoms with E-state index in [1.165, 1.54) is 4.68 Å². The molecule has 8 nitrogen and oxygen atoms in total. The molecular weight excluding hydrogens is 296 g/mol.